The minimum atomic E-state index is -0.576. The number of hydrogen-bond donors (Lipinski definition) is 1. The maximum atomic E-state index is 12.5. The van der Waals surface area contributed by atoms with Gasteiger partial charge in [-0.1, -0.05) is 11.6 Å². The van der Waals surface area contributed by atoms with Crippen molar-refractivity contribution in [2.45, 2.75) is 12.5 Å². The van der Waals surface area contributed by atoms with E-state index >= 15 is 0 Å². The molecule has 1 amide bonds. The standard InChI is InChI=1S/C13H13ClN6O3/c1-18-7-9(6-16-18)19-3-2-11(13(19)21)17-12-10(14)4-8(5-15-12)20(22)23/h4-7,11H,2-3H2,1H3,(H,15,17). The van der Waals surface area contributed by atoms with Crippen LogP contribution in [0.5, 0.6) is 0 Å². The highest BCUT2D eigenvalue weighted by Crippen LogP contribution is 2.27. The van der Waals surface area contributed by atoms with E-state index in [0.717, 1.165) is 11.9 Å². The van der Waals surface area contributed by atoms with Crippen molar-refractivity contribution in [3.8, 4) is 0 Å². The Kier molecular flexibility index (Phi) is 3.87. The average Bonchev–Trinajstić information content (AvgIpc) is 3.08. The molecule has 1 atom stereocenters. The zero-order valence-corrected chi connectivity index (χ0v) is 12.9. The minimum Gasteiger partial charge on any atom is -0.357 e. The van der Waals surface area contributed by atoms with E-state index in [1.165, 1.54) is 6.07 Å². The Morgan fingerprint density at radius 2 is 2.26 bits per heavy atom. The van der Waals surface area contributed by atoms with Crippen molar-refractivity contribution < 1.29 is 9.72 Å². The number of nitrogens with one attached hydrogen (secondary N) is 1. The summed E-state index contributed by atoms with van der Waals surface area (Å²) in [5, 5.41) is 17.8. The van der Waals surface area contributed by atoms with Gasteiger partial charge in [-0.15, -0.1) is 0 Å². The molecule has 10 heteroatoms. The monoisotopic (exact) mass is 336 g/mol. The zero-order chi connectivity index (χ0) is 16.6. The van der Waals surface area contributed by atoms with Gasteiger partial charge in [0.2, 0.25) is 5.91 Å². The summed E-state index contributed by atoms with van der Waals surface area (Å²) in [6, 6.07) is 0.719. The Morgan fingerprint density at radius 1 is 1.48 bits per heavy atom. The third-order valence-corrected chi connectivity index (χ3v) is 3.85. The SMILES string of the molecule is Cn1cc(N2CCC(Nc3ncc([N+](=O)[O-])cc3Cl)C2=O)cn1. The van der Waals surface area contributed by atoms with Crippen LogP contribution in [0, 0.1) is 10.1 Å². The summed E-state index contributed by atoms with van der Waals surface area (Å²) in [6.45, 7) is 0.548. The molecule has 0 radical (unpaired) electrons. The summed E-state index contributed by atoms with van der Waals surface area (Å²) in [5.74, 6) is 0.137. The van der Waals surface area contributed by atoms with Crippen LogP contribution < -0.4 is 10.2 Å². The Balaban J connectivity index is 1.74. The van der Waals surface area contributed by atoms with Gasteiger partial charge < -0.3 is 10.2 Å². The van der Waals surface area contributed by atoms with Gasteiger partial charge in [0.05, 0.1) is 21.8 Å². The van der Waals surface area contributed by atoms with Gasteiger partial charge in [-0.2, -0.15) is 5.10 Å². The normalized spacial score (nSPS) is 17.6. The molecule has 9 nitrogen and oxygen atoms in total. The van der Waals surface area contributed by atoms with Crippen LogP contribution in [0.25, 0.3) is 0 Å². The Morgan fingerprint density at radius 3 is 2.87 bits per heavy atom. The second-order valence-electron chi connectivity index (χ2n) is 5.13. The predicted octanol–water partition coefficient (Wildman–Crippen LogP) is 1.59. The number of carbonyl (C=O) groups excluding carboxylic acids is 1. The highest BCUT2D eigenvalue weighted by Gasteiger charge is 2.33. The predicted molar refractivity (Wildman–Crippen MR) is 83.5 cm³/mol. The molecule has 0 saturated carbocycles. The average molecular weight is 337 g/mol. The number of rotatable bonds is 4. The number of amides is 1. The summed E-state index contributed by atoms with van der Waals surface area (Å²) in [7, 11) is 1.78. The molecule has 0 aliphatic carbocycles. The second kappa shape index (κ2) is 5.84. The van der Waals surface area contributed by atoms with E-state index in [4.69, 9.17) is 11.6 Å². The van der Waals surface area contributed by atoms with Crippen LogP contribution in [-0.4, -0.2) is 38.2 Å². The molecule has 1 aliphatic rings. The van der Waals surface area contributed by atoms with E-state index in [9.17, 15) is 14.9 Å². The molecule has 0 bridgehead atoms. The molecule has 1 aliphatic heterocycles. The van der Waals surface area contributed by atoms with E-state index in [1.807, 2.05) is 0 Å². The molecule has 1 unspecified atom stereocenters. The molecule has 3 heterocycles. The third kappa shape index (κ3) is 2.95. The van der Waals surface area contributed by atoms with Crippen LogP contribution in [0.4, 0.5) is 17.2 Å². The lowest BCUT2D eigenvalue weighted by atomic mass is 10.2. The maximum Gasteiger partial charge on any atom is 0.289 e. The smallest absolute Gasteiger partial charge is 0.289 e. The number of nitrogens with zero attached hydrogens (tertiary/aromatic N) is 5. The fourth-order valence-corrected chi connectivity index (χ4v) is 2.63. The fourth-order valence-electron chi connectivity index (χ4n) is 2.42. The number of aryl methyl sites for hydroxylation is 1. The number of aromatic nitrogens is 3. The van der Waals surface area contributed by atoms with Crippen molar-refractivity contribution in [2.75, 3.05) is 16.8 Å². The van der Waals surface area contributed by atoms with Gasteiger partial charge in [-0.3, -0.25) is 19.6 Å². The quantitative estimate of drug-likeness (QED) is 0.671. The highest BCUT2D eigenvalue weighted by atomic mass is 35.5. The number of halogens is 1. The van der Waals surface area contributed by atoms with Crippen LogP contribution in [0.15, 0.2) is 24.7 Å². The number of pyridine rings is 1. The number of hydrogen-bond acceptors (Lipinski definition) is 6. The van der Waals surface area contributed by atoms with Gasteiger partial charge >= 0.3 is 0 Å². The third-order valence-electron chi connectivity index (χ3n) is 3.56. The number of anilines is 2. The minimum absolute atomic E-state index is 0.104. The van der Waals surface area contributed by atoms with Crippen LogP contribution in [0.2, 0.25) is 5.02 Å². The van der Waals surface area contributed by atoms with Crippen LogP contribution >= 0.6 is 11.6 Å². The fraction of sp³-hybridized carbons (Fsp3) is 0.308. The maximum absolute atomic E-state index is 12.5. The topological polar surface area (TPSA) is 106 Å². The molecule has 23 heavy (non-hydrogen) atoms. The molecule has 0 aromatic carbocycles. The van der Waals surface area contributed by atoms with Crippen LogP contribution in [0.3, 0.4) is 0 Å². The van der Waals surface area contributed by atoms with Crippen molar-refractivity contribution in [1.29, 1.82) is 0 Å². The van der Waals surface area contributed by atoms with Crippen LogP contribution in [0.1, 0.15) is 6.42 Å². The summed E-state index contributed by atoms with van der Waals surface area (Å²) in [5.41, 5.74) is 0.528. The van der Waals surface area contributed by atoms with Gasteiger partial charge in [0.15, 0.2) is 0 Å². The zero-order valence-electron chi connectivity index (χ0n) is 12.1. The molecule has 1 fully saturated rings. The van der Waals surface area contributed by atoms with Crippen molar-refractivity contribution in [3.63, 3.8) is 0 Å². The summed E-state index contributed by atoms with van der Waals surface area (Å²) >= 11 is 5.99. The van der Waals surface area contributed by atoms with Gasteiger partial charge in [0.25, 0.3) is 5.69 Å². The summed E-state index contributed by atoms with van der Waals surface area (Å²) < 4.78 is 1.62. The summed E-state index contributed by atoms with van der Waals surface area (Å²) in [4.78, 5) is 28.1. The first-order chi connectivity index (χ1) is 11.0. The van der Waals surface area contributed by atoms with Crippen molar-refractivity contribution >= 4 is 34.7 Å². The molecule has 2 aromatic rings. The summed E-state index contributed by atoms with van der Waals surface area (Å²) in [6.07, 6.45) is 5.06. The van der Waals surface area contributed by atoms with Crippen molar-refractivity contribution in [2.24, 2.45) is 7.05 Å². The van der Waals surface area contributed by atoms with E-state index in [2.05, 4.69) is 15.4 Å². The number of carbonyl (C=O) groups is 1. The first-order valence-electron chi connectivity index (χ1n) is 6.82. The largest absolute Gasteiger partial charge is 0.357 e. The van der Waals surface area contributed by atoms with Gasteiger partial charge in [-0.25, -0.2) is 4.98 Å². The van der Waals surface area contributed by atoms with E-state index in [1.54, 1.807) is 29.0 Å². The first kappa shape index (κ1) is 15.2. The van der Waals surface area contributed by atoms with Crippen LogP contribution in [-0.2, 0) is 11.8 Å². The molecule has 2 aromatic heterocycles. The van der Waals surface area contributed by atoms with Gasteiger partial charge in [0, 0.05) is 25.9 Å². The Hall–Kier alpha value is -2.68. The van der Waals surface area contributed by atoms with E-state index in [0.29, 0.717) is 13.0 Å². The van der Waals surface area contributed by atoms with Crippen molar-refractivity contribution in [1.82, 2.24) is 14.8 Å². The Bertz CT molecular complexity index is 777. The van der Waals surface area contributed by atoms with Gasteiger partial charge in [-0.05, 0) is 6.42 Å². The number of nitro groups is 1. The van der Waals surface area contributed by atoms with E-state index in [-0.39, 0.29) is 22.4 Å². The Labute approximate surface area is 136 Å². The molecular formula is C13H13ClN6O3. The molecule has 3 rings (SSSR count). The highest BCUT2D eigenvalue weighted by molar-refractivity contribution is 6.33. The lowest BCUT2D eigenvalue weighted by Crippen LogP contribution is -2.33. The first-order valence-corrected chi connectivity index (χ1v) is 7.20. The lowest BCUT2D eigenvalue weighted by Gasteiger charge is -2.15. The van der Waals surface area contributed by atoms with E-state index < -0.39 is 11.0 Å². The molecular weight excluding hydrogens is 324 g/mol. The lowest BCUT2D eigenvalue weighted by molar-refractivity contribution is -0.385. The van der Waals surface area contributed by atoms with Gasteiger partial charge in [0.1, 0.15) is 18.1 Å². The molecule has 1 N–H and O–H groups in total. The molecule has 0 spiro atoms. The molecule has 120 valence electrons. The van der Waals surface area contributed by atoms with Crippen molar-refractivity contribution in [3.05, 3.63) is 39.8 Å². The second-order valence-corrected chi connectivity index (χ2v) is 5.54. The molecule has 1 saturated heterocycles.